The molecule has 3 rings (SSSR count). The number of hydrazone groups is 1. The molecule has 0 spiro atoms. The number of rotatable bonds is 8. The highest BCUT2D eigenvalue weighted by Gasteiger charge is 2.35. The van der Waals surface area contributed by atoms with Crippen LogP contribution in [0, 0.1) is 13.8 Å². The van der Waals surface area contributed by atoms with Gasteiger partial charge < -0.3 is 9.47 Å². The number of ether oxygens (including phenoxy) is 2. The number of hydrogen-bond acceptors (Lipinski definition) is 5. The minimum Gasteiger partial charge on any atom is -0.497 e. The van der Waals surface area contributed by atoms with E-state index < -0.39 is 0 Å². The Hall–Kier alpha value is -2.86. The number of carbonyl (C=O) groups is 1. The summed E-state index contributed by atoms with van der Waals surface area (Å²) < 4.78 is 10.9. The van der Waals surface area contributed by atoms with E-state index in [2.05, 4.69) is 50.8 Å². The third kappa shape index (κ3) is 4.90. The zero-order chi connectivity index (χ0) is 22.5. The molecule has 1 heterocycles. The van der Waals surface area contributed by atoms with Crippen LogP contribution in [-0.2, 0) is 4.79 Å². The highest BCUT2D eigenvalue weighted by molar-refractivity contribution is 6.05. The molecule has 0 radical (unpaired) electrons. The number of likely N-dealkylation sites (N-methyl/N-ethyl adjacent to an activating group) is 1. The summed E-state index contributed by atoms with van der Waals surface area (Å²) in [4.78, 5) is 15.4. The molecule has 2 aromatic rings. The lowest BCUT2D eigenvalue weighted by molar-refractivity contribution is -0.134. The van der Waals surface area contributed by atoms with E-state index in [9.17, 15) is 4.79 Å². The van der Waals surface area contributed by atoms with Gasteiger partial charge in [0.2, 0.25) is 0 Å². The van der Waals surface area contributed by atoms with Gasteiger partial charge in [-0.1, -0.05) is 37.6 Å². The summed E-state index contributed by atoms with van der Waals surface area (Å²) >= 11 is 0. The van der Waals surface area contributed by atoms with E-state index in [4.69, 9.17) is 14.6 Å². The van der Waals surface area contributed by atoms with Crippen molar-refractivity contribution in [3.63, 3.8) is 0 Å². The van der Waals surface area contributed by atoms with Crippen molar-refractivity contribution in [2.45, 2.75) is 40.2 Å². The molecule has 6 nitrogen and oxygen atoms in total. The van der Waals surface area contributed by atoms with Gasteiger partial charge in [-0.05, 0) is 50.2 Å². The van der Waals surface area contributed by atoms with Crippen LogP contribution in [-0.4, -0.2) is 55.4 Å². The maximum absolute atomic E-state index is 13.3. The van der Waals surface area contributed by atoms with E-state index in [1.807, 2.05) is 18.2 Å². The van der Waals surface area contributed by atoms with E-state index in [1.165, 1.54) is 11.1 Å². The summed E-state index contributed by atoms with van der Waals surface area (Å²) in [7, 11) is 3.27. The topological polar surface area (TPSA) is 54.4 Å². The van der Waals surface area contributed by atoms with Gasteiger partial charge in [-0.2, -0.15) is 5.10 Å². The van der Waals surface area contributed by atoms with Gasteiger partial charge >= 0.3 is 0 Å². The second kappa shape index (κ2) is 9.96. The highest BCUT2D eigenvalue weighted by Crippen LogP contribution is 2.37. The largest absolute Gasteiger partial charge is 0.497 e. The van der Waals surface area contributed by atoms with Gasteiger partial charge in [0.05, 0.1) is 32.5 Å². The number of benzene rings is 2. The second-order valence-electron chi connectivity index (χ2n) is 7.89. The maximum Gasteiger partial charge on any atom is 0.257 e. The van der Waals surface area contributed by atoms with Gasteiger partial charge in [0.25, 0.3) is 5.91 Å². The molecule has 1 aliphatic rings. The first kappa shape index (κ1) is 22.8. The van der Waals surface area contributed by atoms with Gasteiger partial charge in [0, 0.05) is 18.1 Å². The van der Waals surface area contributed by atoms with Crippen LogP contribution in [0.2, 0.25) is 0 Å². The molecule has 166 valence electrons. The molecule has 0 saturated heterocycles. The van der Waals surface area contributed by atoms with Gasteiger partial charge in [-0.15, -0.1) is 0 Å². The maximum atomic E-state index is 13.3. The minimum atomic E-state index is -0.134. The summed E-state index contributed by atoms with van der Waals surface area (Å²) in [5.74, 6) is 1.42. The molecular formula is C25H33N3O3. The third-order valence-corrected chi connectivity index (χ3v) is 5.92. The van der Waals surface area contributed by atoms with E-state index in [1.54, 1.807) is 19.2 Å². The fraction of sp³-hybridized carbons (Fsp3) is 0.440. The van der Waals surface area contributed by atoms with Gasteiger partial charge in [-0.25, -0.2) is 5.01 Å². The smallest absolute Gasteiger partial charge is 0.257 e. The van der Waals surface area contributed by atoms with Crippen molar-refractivity contribution in [1.82, 2.24) is 9.91 Å². The number of carbonyl (C=O) groups excluding carboxylic acids is 1. The van der Waals surface area contributed by atoms with Gasteiger partial charge in [-0.3, -0.25) is 9.69 Å². The second-order valence-corrected chi connectivity index (χ2v) is 7.89. The van der Waals surface area contributed by atoms with Crippen molar-refractivity contribution in [3.8, 4) is 11.5 Å². The summed E-state index contributed by atoms with van der Waals surface area (Å²) in [5, 5.41) is 6.49. The average molecular weight is 424 g/mol. The Morgan fingerprint density at radius 3 is 2.45 bits per heavy atom. The van der Waals surface area contributed by atoms with Crippen molar-refractivity contribution in [2.75, 3.05) is 33.9 Å². The Morgan fingerprint density at radius 2 is 1.84 bits per heavy atom. The van der Waals surface area contributed by atoms with Crippen molar-refractivity contribution in [1.29, 1.82) is 0 Å². The summed E-state index contributed by atoms with van der Waals surface area (Å²) in [6, 6.07) is 11.9. The Morgan fingerprint density at radius 1 is 1.10 bits per heavy atom. The molecule has 1 aliphatic heterocycles. The van der Waals surface area contributed by atoms with Crippen LogP contribution in [0.4, 0.5) is 0 Å². The van der Waals surface area contributed by atoms with Crippen molar-refractivity contribution >= 4 is 11.6 Å². The monoisotopic (exact) mass is 423 g/mol. The van der Waals surface area contributed by atoms with E-state index in [-0.39, 0.29) is 11.9 Å². The van der Waals surface area contributed by atoms with Crippen molar-refractivity contribution in [2.24, 2.45) is 5.10 Å². The predicted molar refractivity (Wildman–Crippen MR) is 124 cm³/mol. The molecule has 0 fully saturated rings. The number of nitrogens with zero attached hydrogens (tertiary/aromatic N) is 3. The molecule has 0 unspecified atom stereocenters. The molecule has 2 aromatic carbocycles. The normalized spacial score (nSPS) is 15.9. The molecule has 31 heavy (non-hydrogen) atoms. The van der Waals surface area contributed by atoms with Crippen LogP contribution in [0.1, 0.15) is 48.6 Å². The Labute approximate surface area is 185 Å². The fourth-order valence-electron chi connectivity index (χ4n) is 4.09. The first-order valence-electron chi connectivity index (χ1n) is 10.8. The SMILES string of the molecule is CCN(CC)CC(=O)N1N=C(c2ccc(OC)cc2OC)C[C@@H]1c1ccc(C)cc1C. The highest BCUT2D eigenvalue weighted by atomic mass is 16.5. The number of hydrogen-bond donors (Lipinski definition) is 0. The van der Waals surface area contributed by atoms with Crippen LogP contribution in [0.15, 0.2) is 41.5 Å². The first-order chi connectivity index (χ1) is 14.9. The lowest BCUT2D eigenvalue weighted by Gasteiger charge is -2.26. The fourth-order valence-corrected chi connectivity index (χ4v) is 4.09. The lowest BCUT2D eigenvalue weighted by Crippen LogP contribution is -2.38. The lowest BCUT2D eigenvalue weighted by atomic mass is 9.94. The Kier molecular flexibility index (Phi) is 7.33. The third-order valence-electron chi connectivity index (χ3n) is 5.92. The van der Waals surface area contributed by atoms with E-state index >= 15 is 0 Å². The van der Waals surface area contributed by atoms with Crippen molar-refractivity contribution < 1.29 is 14.3 Å². The standard InChI is InChI=1S/C25H33N3O3/c1-7-27(8-2)16-25(29)28-23(20-11-9-17(3)13-18(20)4)15-22(26-28)21-12-10-19(30-5)14-24(21)31-6/h9-14,23H,7-8,15-16H2,1-6H3/t23-/m1/s1. The van der Waals surface area contributed by atoms with Crippen LogP contribution < -0.4 is 9.47 Å². The molecule has 0 N–H and O–H groups in total. The summed E-state index contributed by atoms with van der Waals surface area (Å²) in [6.45, 7) is 10.3. The van der Waals surface area contributed by atoms with E-state index in [0.29, 0.717) is 18.7 Å². The molecule has 0 bridgehead atoms. The van der Waals surface area contributed by atoms with Gasteiger partial charge in [0.15, 0.2) is 0 Å². The average Bonchev–Trinajstić information content (AvgIpc) is 3.21. The van der Waals surface area contributed by atoms with Crippen molar-refractivity contribution in [3.05, 3.63) is 58.7 Å². The van der Waals surface area contributed by atoms with Crippen LogP contribution in [0.5, 0.6) is 11.5 Å². The molecule has 0 saturated carbocycles. The Balaban J connectivity index is 2.01. The molecule has 6 heteroatoms. The molecule has 0 aliphatic carbocycles. The molecule has 1 atom stereocenters. The number of methoxy groups -OCH3 is 2. The zero-order valence-corrected chi connectivity index (χ0v) is 19.4. The zero-order valence-electron chi connectivity index (χ0n) is 19.4. The quantitative estimate of drug-likeness (QED) is 0.634. The summed E-state index contributed by atoms with van der Waals surface area (Å²) in [5.41, 5.74) is 5.24. The van der Waals surface area contributed by atoms with Crippen LogP contribution in [0.3, 0.4) is 0 Å². The molecule has 1 amide bonds. The predicted octanol–water partition coefficient (Wildman–Crippen LogP) is 4.34. The molecular weight excluding hydrogens is 390 g/mol. The van der Waals surface area contributed by atoms with Crippen LogP contribution in [0.25, 0.3) is 0 Å². The minimum absolute atomic E-state index is 0.0103. The number of amides is 1. The summed E-state index contributed by atoms with van der Waals surface area (Å²) in [6.07, 6.45) is 0.635. The Bertz CT molecular complexity index is 966. The van der Waals surface area contributed by atoms with Crippen LogP contribution >= 0.6 is 0 Å². The number of aryl methyl sites for hydroxylation is 2. The van der Waals surface area contributed by atoms with Gasteiger partial charge in [0.1, 0.15) is 11.5 Å². The van der Waals surface area contributed by atoms with E-state index in [0.717, 1.165) is 35.7 Å². The first-order valence-corrected chi connectivity index (χ1v) is 10.8. The molecule has 0 aromatic heterocycles.